The second-order valence-corrected chi connectivity index (χ2v) is 7.22. The van der Waals surface area contributed by atoms with Crippen LogP contribution in [0.15, 0.2) is 66.1 Å². The summed E-state index contributed by atoms with van der Waals surface area (Å²) in [5, 5.41) is 12.7. The van der Waals surface area contributed by atoms with E-state index in [0.717, 1.165) is 21.2 Å². The molecule has 0 bridgehead atoms. The molecule has 3 aromatic rings. The summed E-state index contributed by atoms with van der Waals surface area (Å²) in [5.41, 5.74) is 2.25. The summed E-state index contributed by atoms with van der Waals surface area (Å²) < 4.78 is 28.0. The highest BCUT2D eigenvalue weighted by molar-refractivity contribution is 7.90. The number of carbonyl (C=O) groups is 1. The van der Waals surface area contributed by atoms with Gasteiger partial charge in [0.25, 0.3) is 10.0 Å². The number of rotatable bonds is 5. The van der Waals surface area contributed by atoms with Crippen molar-refractivity contribution in [2.75, 3.05) is 0 Å². The summed E-state index contributed by atoms with van der Waals surface area (Å²) in [6.45, 7) is 0. The van der Waals surface area contributed by atoms with Gasteiger partial charge in [-0.1, -0.05) is 12.1 Å². The van der Waals surface area contributed by atoms with Gasteiger partial charge in [0.1, 0.15) is 0 Å². The molecule has 9 heteroatoms. The van der Waals surface area contributed by atoms with Crippen molar-refractivity contribution in [1.82, 2.24) is 13.8 Å². The molecule has 0 saturated carbocycles. The molecule has 2 aromatic heterocycles. The fourth-order valence-corrected chi connectivity index (χ4v) is 3.52. The van der Waals surface area contributed by atoms with Crippen LogP contribution in [0.3, 0.4) is 0 Å². The molecular weight excluding hydrogens is 378 g/mol. The predicted octanol–water partition coefficient (Wildman–Crippen LogP) is 2.65. The Balaban J connectivity index is 0.00000243. The summed E-state index contributed by atoms with van der Waals surface area (Å²) in [6, 6.07) is 8.03. The Morgan fingerprint density at radius 3 is 2.38 bits per heavy atom. The van der Waals surface area contributed by atoms with Crippen molar-refractivity contribution in [1.29, 1.82) is 0 Å². The maximum atomic E-state index is 12.6. The van der Waals surface area contributed by atoms with Crippen LogP contribution in [0.25, 0.3) is 17.2 Å². The lowest BCUT2D eigenvalue weighted by atomic mass is 10.1. The van der Waals surface area contributed by atoms with E-state index >= 15 is 0 Å². The van der Waals surface area contributed by atoms with E-state index in [1.165, 1.54) is 36.7 Å². The van der Waals surface area contributed by atoms with Gasteiger partial charge < -0.3 is 5.11 Å². The van der Waals surface area contributed by atoms with Gasteiger partial charge >= 0.3 is 5.97 Å². The Kier molecular flexibility index (Phi) is 5.69. The second kappa shape index (κ2) is 7.59. The molecule has 0 radical (unpaired) electrons. The first-order chi connectivity index (χ1) is 11.9. The quantitative estimate of drug-likeness (QED) is 0.672. The van der Waals surface area contributed by atoms with E-state index in [9.17, 15) is 13.2 Å². The third kappa shape index (κ3) is 4.04. The third-order valence-corrected chi connectivity index (χ3v) is 5.23. The number of hydrogen-bond donors (Lipinski definition) is 1. The number of carboxylic acid groups (broad SMARTS) is 1. The Labute approximate surface area is 156 Å². The van der Waals surface area contributed by atoms with Gasteiger partial charge in [-0.25, -0.2) is 17.2 Å². The molecular formula is C17H16ClN3O4S. The lowest BCUT2D eigenvalue weighted by Crippen LogP contribution is -2.10. The van der Waals surface area contributed by atoms with Crippen molar-refractivity contribution >= 4 is 34.5 Å². The predicted molar refractivity (Wildman–Crippen MR) is 99.6 cm³/mol. The van der Waals surface area contributed by atoms with Crippen molar-refractivity contribution in [2.45, 2.75) is 4.90 Å². The van der Waals surface area contributed by atoms with Gasteiger partial charge in [-0.15, -0.1) is 12.4 Å². The molecule has 1 N–H and O–H groups in total. The second-order valence-electron chi connectivity index (χ2n) is 5.38. The van der Waals surface area contributed by atoms with Crippen molar-refractivity contribution in [2.24, 2.45) is 7.05 Å². The molecule has 136 valence electrons. The summed E-state index contributed by atoms with van der Waals surface area (Å²) in [4.78, 5) is 10.7. The normalized spacial score (nSPS) is 11.4. The minimum atomic E-state index is -3.74. The molecule has 0 aliphatic heterocycles. The van der Waals surface area contributed by atoms with Crippen LogP contribution in [0.5, 0.6) is 0 Å². The molecule has 1 aromatic carbocycles. The van der Waals surface area contributed by atoms with Crippen molar-refractivity contribution in [3.05, 3.63) is 66.8 Å². The Bertz CT molecular complexity index is 1050. The van der Waals surface area contributed by atoms with Crippen molar-refractivity contribution < 1.29 is 18.3 Å². The van der Waals surface area contributed by atoms with Gasteiger partial charge in [0, 0.05) is 37.3 Å². The van der Waals surface area contributed by atoms with E-state index in [1.807, 2.05) is 13.2 Å². The van der Waals surface area contributed by atoms with Crippen molar-refractivity contribution in [3.8, 4) is 11.1 Å². The molecule has 2 heterocycles. The van der Waals surface area contributed by atoms with Crippen molar-refractivity contribution in [3.63, 3.8) is 0 Å². The molecule has 7 nitrogen and oxygen atoms in total. The summed E-state index contributed by atoms with van der Waals surface area (Å²) in [5.74, 6) is -1.10. The molecule has 3 rings (SSSR count). The largest absolute Gasteiger partial charge is 0.478 e. The van der Waals surface area contributed by atoms with E-state index in [-0.39, 0.29) is 17.3 Å². The molecule has 0 saturated heterocycles. The van der Waals surface area contributed by atoms with Gasteiger partial charge in [0.05, 0.1) is 11.1 Å². The molecule has 0 unspecified atom stereocenters. The van der Waals surface area contributed by atoms with Crippen LogP contribution in [-0.4, -0.2) is 33.2 Å². The average molecular weight is 394 g/mol. The first kappa shape index (κ1) is 19.5. The molecule has 0 aliphatic carbocycles. The molecule has 0 fully saturated rings. The number of aliphatic carboxylic acids is 1. The van der Waals surface area contributed by atoms with Gasteiger partial charge in [0.15, 0.2) is 0 Å². The topological polar surface area (TPSA) is 94.2 Å². The monoisotopic (exact) mass is 393 g/mol. The van der Waals surface area contributed by atoms with E-state index in [0.29, 0.717) is 5.56 Å². The molecule has 0 atom stereocenters. The lowest BCUT2D eigenvalue weighted by Gasteiger charge is -2.06. The summed E-state index contributed by atoms with van der Waals surface area (Å²) in [7, 11) is -1.93. The molecule has 26 heavy (non-hydrogen) atoms. The van der Waals surface area contributed by atoms with Crippen LogP contribution in [-0.2, 0) is 21.9 Å². The number of nitrogens with zero attached hydrogens (tertiary/aromatic N) is 3. The molecule has 0 spiro atoms. The third-order valence-electron chi connectivity index (χ3n) is 3.58. The van der Waals surface area contributed by atoms with Crippen LogP contribution in [0.4, 0.5) is 0 Å². The number of hydrogen-bond acceptors (Lipinski definition) is 4. The standard InChI is InChI=1S/C17H15N3O4S.ClH/c1-19-12-15(10-18-19)14-3-5-16(6-4-14)25(23,24)20-9-8-13(11-20)2-7-17(21)22;/h2-12H,1H3,(H,21,22);1H. The number of aryl methyl sites for hydroxylation is 1. The number of halogens is 1. The zero-order valence-corrected chi connectivity index (χ0v) is 15.3. The fourth-order valence-electron chi connectivity index (χ4n) is 2.32. The van der Waals surface area contributed by atoms with Gasteiger partial charge in [-0.05, 0) is 35.4 Å². The minimum Gasteiger partial charge on any atom is -0.478 e. The zero-order valence-electron chi connectivity index (χ0n) is 13.7. The van der Waals surface area contributed by atoms with E-state index in [4.69, 9.17) is 5.11 Å². The minimum absolute atomic E-state index is 0. The van der Waals surface area contributed by atoms with Crippen LogP contribution in [0, 0.1) is 0 Å². The fraction of sp³-hybridized carbons (Fsp3) is 0.0588. The highest BCUT2D eigenvalue weighted by Gasteiger charge is 2.16. The summed E-state index contributed by atoms with van der Waals surface area (Å²) in [6.07, 6.45) is 8.58. The summed E-state index contributed by atoms with van der Waals surface area (Å²) >= 11 is 0. The van der Waals surface area contributed by atoms with Crippen LogP contribution < -0.4 is 0 Å². The number of benzene rings is 1. The van der Waals surface area contributed by atoms with Gasteiger partial charge in [0.2, 0.25) is 0 Å². The molecule has 0 aliphatic rings. The molecule has 0 amide bonds. The Hall–Kier alpha value is -2.84. The Morgan fingerprint density at radius 2 is 1.81 bits per heavy atom. The van der Waals surface area contributed by atoms with E-state index in [1.54, 1.807) is 23.0 Å². The van der Waals surface area contributed by atoms with Gasteiger partial charge in [-0.2, -0.15) is 5.10 Å². The van der Waals surface area contributed by atoms with Crippen LogP contribution in [0.1, 0.15) is 5.56 Å². The highest BCUT2D eigenvalue weighted by atomic mass is 35.5. The van der Waals surface area contributed by atoms with Crippen LogP contribution in [0.2, 0.25) is 0 Å². The highest BCUT2D eigenvalue weighted by Crippen LogP contribution is 2.22. The lowest BCUT2D eigenvalue weighted by molar-refractivity contribution is -0.131. The number of aromatic nitrogens is 3. The first-order valence-electron chi connectivity index (χ1n) is 7.30. The smallest absolute Gasteiger partial charge is 0.328 e. The van der Waals surface area contributed by atoms with Gasteiger partial charge in [-0.3, -0.25) is 4.68 Å². The van der Waals surface area contributed by atoms with Crippen LogP contribution >= 0.6 is 12.4 Å². The van der Waals surface area contributed by atoms with E-state index in [2.05, 4.69) is 5.10 Å². The zero-order chi connectivity index (χ0) is 18.0. The number of carboxylic acids is 1. The van der Waals surface area contributed by atoms with E-state index < -0.39 is 16.0 Å². The maximum Gasteiger partial charge on any atom is 0.328 e. The first-order valence-corrected chi connectivity index (χ1v) is 8.74. The SMILES string of the molecule is Cl.Cn1cc(-c2ccc(S(=O)(=O)n3ccc(C=CC(=O)O)c3)cc2)cn1. The Morgan fingerprint density at radius 1 is 1.12 bits per heavy atom. The maximum absolute atomic E-state index is 12.6. The average Bonchev–Trinajstić information content (AvgIpc) is 3.22.